The highest BCUT2D eigenvalue weighted by Gasteiger charge is 2.30. The lowest BCUT2D eigenvalue weighted by Gasteiger charge is -2.28. The van der Waals surface area contributed by atoms with Crippen molar-refractivity contribution in [1.82, 2.24) is 9.80 Å². The minimum absolute atomic E-state index is 0.0418. The van der Waals surface area contributed by atoms with Gasteiger partial charge in [-0.1, -0.05) is 19.3 Å². The molecule has 3 aliphatic rings. The number of morpholine rings is 1. The van der Waals surface area contributed by atoms with Crippen LogP contribution < -0.4 is 4.74 Å². The van der Waals surface area contributed by atoms with Crippen molar-refractivity contribution in [2.75, 3.05) is 39.5 Å². The molecule has 2 saturated heterocycles. The van der Waals surface area contributed by atoms with Crippen LogP contribution in [0.5, 0.6) is 5.75 Å². The molecule has 1 aromatic rings. The largest absolute Gasteiger partial charge is 0.491 e. The molecule has 2 heterocycles. The average Bonchev–Trinajstić information content (AvgIpc) is 3.28. The van der Waals surface area contributed by atoms with Crippen LogP contribution in [-0.2, 0) is 9.53 Å². The van der Waals surface area contributed by atoms with Crippen molar-refractivity contribution in [3.63, 3.8) is 0 Å². The van der Waals surface area contributed by atoms with E-state index in [-0.39, 0.29) is 11.9 Å². The van der Waals surface area contributed by atoms with Crippen LogP contribution in [0.25, 0.3) is 0 Å². The van der Waals surface area contributed by atoms with Crippen molar-refractivity contribution in [3.8, 4) is 5.75 Å². The maximum Gasteiger partial charge on any atom is 0.254 e. The molecule has 1 unspecified atom stereocenters. The summed E-state index contributed by atoms with van der Waals surface area (Å²) in [5.74, 6) is 1.67. The first-order valence-electron chi connectivity index (χ1n) is 11.6. The summed E-state index contributed by atoms with van der Waals surface area (Å²) < 4.78 is 11.3. The molecule has 3 fully saturated rings. The van der Waals surface area contributed by atoms with Gasteiger partial charge >= 0.3 is 0 Å². The second kappa shape index (κ2) is 10.3. The molecule has 4 rings (SSSR count). The number of nitrogens with zero attached hydrogens (tertiary/aromatic N) is 2. The molecular weight excluding hydrogens is 380 g/mol. The number of amides is 2. The Morgan fingerprint density at radius 1 is 0.933 bits per heavy atom. The highest BCUT2D eigenvalue weighted by atomic mass is 16.5. The highest BCUT2D eigenvalue weighted by Crippen LogP contribution is 2.29. The van der Waals surface area contributed by atoms with E-state index in [0.29, 0.717) is 56.7 Å². The SMILES string of the molecule is O=C(c1ccc(OCC2CCCN2C(=O)CC2CCCCC2)cc1)N1CCOCC1. The normalized spacial score (nSPS) is 22.9. The predicted octanol–water partition coefficient (Wildman–Crippen LogP) is 3.50. The maximum atomic E-state index is 12.8. The summed E-state index contributed by atoms with van der Waals surface area (Å²) in [5, 5.41) is 0. The van der Waals surface area contributed by atoms with Gasteiger partial charge in [0.15, 0.2) is 0 Å². The molecule has 6 nitrogen and oxygen atoms in total. The van der Waals surface area contributed by atoms with Crippen LogP contribution in [0.2, 0.25) is 0 Å². The number of carbonyl (C=O) groups excluding carboxylic acids is 2. The van der Waals surface area contributed by atoms with Crippen LogP contribution in [-0.4, -0.2) is 67.1 Å². The molecule has 0 spiro atoms. The standard InChI is InChI=1S/C24H34N2O4/c27-23(17-19-5-2-1-3-6-19)26-12-4-7-21(26)18-30-22-10-8-20(9-11-22)24(28)25-13-15-29-16-14-25/h8-11,19,21H,1-7,12-18H2. The van der Waals surface area contributed by atoms with Gasteiger partial charge in [0.2, 0.25) is 5.91 Å². The molecule has 164 valence electrons. The Hall–Kier alpha value is -2.08. The zero-order valence-electron chi connectivity index (χ0n) is 17.9. The molecule has 2 aliphatic heterocycles. The first kappa shape index (κ1) is 21.2. The molecule has 0 N–H and O–H groups in total. The number of rotatable bonds is 6. The van der Waals surface area contributed by atoms with Gasteiger partial charge in [-0.15, -0.1) is 0 Å². The van der Waals surface area contributed by atoms with E-state index in [4.69, 9.17) is 9.47 Å². The number of hydrogen-bond donors (Lipinski definition) is 0. The van der Waals surface area contributed by atoms with Crippen molar-refractivity contribution in [2.45, 2.75) is 57.4 Å². The average molecular weight is 415 g/mol. The Morgan fingerprint density at radius 3 is 2.40 bits per heavy atom. The minimum atomic E-state index is 0.0418. The molecule has 1 aliphatic carbocycles. The van der Waals surface area contributed by atoms with Gasteiger partial charge in [0.05, 0.1) is 19.3 Å². The summed E-state index contributed by atoms with van der Waals surface area (Å²) in [5.41, 5.74) is 0.675. The van der Waals surface area contributed by atoms with Crippen molar-refractivity contribution in [3.05, 3.63) is 29.8 Å². The van der Waals surface area contributed by atoms with Crippen LogP contribution in [0, 0.1) is 5.92 Å². The third-order valence-corrected chi connectivity index (χ3v) is 6.73. The fourth-order valence-electron chi connectivity index (χ4n) is 4.93. The van der Waals surface area contributed by atoms with E-state index in [1.54, 1.807) is 0 Å². The first-order valence-corrected chi connectivity index (χ1v) is 11.6. The summed E-state index contributed by atoms with van der Waals surface area (Å²) in [6, 6.07) is 7.53. The van der Waals surface area contributed by atoms with Crippen LogP contribution in [0.15, 0.2) is 24.3 Å². The van der Waals surface area contributed by atoms with Gasteiger partial charge in [0.25, 0.3) is 5.91 Å². The Bertz CT molecular complexity index is 708. The van der Waals surface area contributed by atoms with E-state index in [1.165, 1.54) is 32.1 Å². The molecule has 2 amide bonds. The summed E-state index contributed by atoms with van der Waals surface area (Å²) in [7, 11) is 0. The van der Waals surface area contributed by atoms with Crippen LogP contribution in [0.1, 0.15) is 61.7 Å². The third-order valence-electron chi connectivity index (χ3n) is 6.73. The molecular formula is C24H34N2O4. The lowest BCUT2D eigenvalue weighted by atomic mass is 9.86. The van der Waals surface area contributed by atoms with Crippen molar-refractivity contribution < 1.29 is 19.1 Å². The molecule has 1 atom stereocenters. The number of hydrogen-bond acceptors (Lipinski definition) is 4. The van der Waals surface area contributed by atoms with Gasteiger partial charge in [-0.25, -0.2) is 0 Å². The maximum absolute atomic E-state index is 12.8. The number of benzene rings is 1. The molecule has 0 bridgehead atoms. The molecule has 30 heavy (non-hydrogen) atoms. The Balaban J connectivity index is 1.27. The van der Waals surface area contributed by atoms with Crippen molar-refractivity contribution in [1.29, 1.82) is 0 Å². The third kappa shape index (κ3) is 5.34. The molecule has 1 aromatic carbocycles. The van der Waals surface area contributed by atoms with Crippen molar-refractivity contribution >= 4 is 11.8 Å². The van der Waals surface area contributed by atoms with Gasteiger partial charge in [0, 0.05) is 31.6 Å². The lowest BCUT2D eigenvalue weighted by Crippen LogP contribution is -2.40. The first-order chi connectivity index (χ1) is 14.7. The Morgan fingerprint density at radius 2 is 1.67 bits per heavy atom. The topological polar surface area (TPSA) is 59.1 Å². The lowest BCUT2D eigenvalue weighted by molar-refractivity contribution is -0.133. The van der Waals surface area contributed by atoms with Crippen LogP contribution in [0.3, 0.4) is 0 Å². The second-order valence-electron chi connectivity index (χ2n) is 8.83. The Labute approximate surface area is 179 Å². The summed E-state index contributed by atoms with van der Waals surface area (Å²) >= 11 is 0. The fourth-order valence-corrected chi connectivity index (χ4v) is 4.93. The summed E-state index contributed by atoms with van der Waals surface area (Å²) in [6.07, 6.45) is 9.04. The second-order valence-corrected chi connectivity index (χ2v) is 8.83. The van der Waals surface area contributed by atoms with Gasteiger partial charge in [0.1, 0.15) is 12.4 Å². The van der Waals surface area contributed by atoms with E-state index < -0.39 is 0 Å². The molecule has 0 aromatic heterocycles. The molecule has 6 heteroatoms. The van der Waals surface area contributed by atoms with E-state index in [0.717, 1.165) is 25.1 Å². The molecule has 0 radical (unpaired) electrons. The van der Waals surface area contributed by atoms with E-state index in [1.807, 2.05) is 34.1 Å². The fraction of sp³-hybridized carbons (Fsp3) is 0.667. The number of ether oxygens (including phenoxy) is 2. The monoisotopic (exact) mass is 414 g/mol. The quantitative estimate of drug-likeness (QED) is 0.715. The van der Waals surface area contributed by atoms with Crippen LogP contribution in [0.4, 0.5) is 0 Å². The summed E-state index contributed by atoms with van der Waals surface area (Å²) in [4.78, 5) is 29.2. The van der Waals surface area contributed by atoms with E-state index in [2.05, 4.69) is 0 Å². The minimum Gasteiger partial charge on any atom is -0.491 e. The van der Waals surface area contributed by atoms with Crippen molar-refractivity contribution in [2.24, 2.45) is 5.92 Å². The van der Waals surface area contributed by atoms with Crippen LogP contribution >= 0.6 is 0 Å². The van der Waals surface area contributed by atoms with Gasteiger partial charge in [-0.2, -0.15) is 0 Å². The van der Waals surface area contributed by atoms with Gasteiger partial charge in [-0.3, -0.25) is 9.59 Å². The van der Waals surface area contributed by atoms with Gasteiger partial charge < -0.3 is 19.3 Å². The zero-order chi connectivity index (χ0) is 20.8. The smallest absolute Gasteiger partial charge is 0.254 e. The number of likely N-dealkylation sites (tertiary alicyclic amines) is 1. The summed E-state index contributed by atoms with van der Waals surface area (Å²) in [6.45, 7) is 3.86. The number of carbonyl (C=O) groups is 2. The highest BCUT2D eigenvalue weighted by molar-refractivity contribution is 5.94. The molecule has 1 saturated carbocycles. The Kier molecular flexibility index (Phi) is 7.26. The van der Waals surface area contributed by atoms with E-state index >= 15 is 0 Å². The zero-order valence-corrected chi connectivity index (χ0v) is 17.9. The van der Waals surface area contributed by atoms with Gasteiger partial charge in [-0.05, 0) is 55.9 Å². The van der Waals surface area contributed by atoms with E-state index in [9.17, 15) is 9.59 Å². The predicted molar refractivity (Wildman–Crippen MR) is 115 cm³/mol.